The fourth-order valence-corrected chi connectivity index (χ4v) is 4.11. The molecule has 0 radical (unpaired) electrons. The molecule has 10 heteroatoms. The van der Waals surface area contributed by atoms with Crippen LogP contribution in [0.4, 0.5) is 0 Å². The standard InChI is InChI=1S/C11H13N5O4S/c1-5(15-4-12-13-14-15)2-7-8(11(19)20)16-9(18)6(3-17)10(16)21-7/h4-6,10,17H,2-3H2,1H3,(H,19,20)/t5-,6+,10-/m1/s1. The van der Waals surface area contributed by atoms with E-state index in [0.29, 0.717) is 11.3 Å². The van der Waals surface area contributed by atoms with Crippen molar-refractivity contribution in [1.82, 2.24) is 25.1 Å². The van der Waals surface area contributed by atoms with Crippen molar-refractivity contribution >= 4 is 23.6 Å². The number of fused-ring (bicyclic) bond motifs is 1. The van der Waals surface area contributed by atoms with Crippen LogP contribution in [-0.4, -0.2) is 59.2 Å². The van der Waals surface area contributed by atoms with Gasteiger partial charge in [0.05, 0.1) is 18.6 Å². The van der Waals surface area contributed by atoms with Gasteiger partial charge in [0.15, 0.2) is 0 Å². The molecule has 2 aliphatic rings. The average molecular weight is 311 g/mol. The summed E-state index contributed by atoms with van der Waals surface area (Å²) in [5, 5.41) is 29.1. The topological polar surface area (TPSA) is 121 Å². The number of aliphatic hydroxyl groups excluding tert-OH is 1. The van der Waals surface area contributed by atoms with Gasteiger partial charge in [-0.3, -0.25) is 9.69 Å². The van der Waals surface area contributed by atoms with Gasteiger partial charge in [-0.25, -0.2) is 9.48 Å². The molecule has 0 aliphatic carbocycles. The summed E-state index contributed by atoms with van der Waals surface area (Å²) in [5.74, 6) is -1.99. The van der Waals surface area contributed by atoms with Crippen molar-refractivity contribution in [2.45, 2.75) is 24.8 Å². The number of hydrogen-bond acceptors (Lipinski definition) is 7. The van der Waals surface area contributed by atoms with E-state index in [4.69, 9.17) is 0 Å². The molecule has 1 saturated heterocycles. The number of aromatic nitrogens is 4. The second-order valence-corrected chi connectivity index (χ2v) is 6.14. The van der Waals surface area contributed by atoms with Crippen molar-refractivity contribution in [3.8, 4) is 0 Å². The first-order valence-corrected chi connectivity index (χ1v) is 7.22. The zero-order valence-corrected chi connectivity index (χ0v) is 11.9. The van der Waals surface area contributed by atoms with Crippen LogP contribution in [0, 0.1) is 5.92 Å². The first-order chi connectivity index (χ1) is 10.0. The van der Waals surface area contributed by atoms with Gasteiger partial charge in [0.2, 0.25) is 5.91 Å². The van der Waals surface area contributed by atoms with Gasteiger partial charge < -0.3 is 10.2 Å². The van der Waals surface area contributed by atoms with Crippen LogP contribution in [0.1, 0.15) is 19.4 Å². The molecular formula is C11H13N5O4S. The van der Waals surface area contributed by atoms with Crippen molar-refractivity contribution in [2.24, 2.45) is 5.92 Å². The monoisotopic (exact) mass is 311 g/mol. The Morgan fingerprint density at radius 3 is 2.90 bits per heavy atom. The summed E-state index contributed by atoms with van der Waals surface area (Å²) < 4.78 is 1.54. The molecule has 3 atom stereocenters. The van der Waals surface area contributed by atoms with Crippen LogP contribution in [0.3, 0.4) is 0 Å². The Labute approximate surface area is 123 Å². The fourth-order valence-electron chi connectivity index (χ4n) is 2.50. The number of carboxylic acid groups (broad SMARTS) is 1. The number of thioether (sulfide) groups is 1. The maximum absolute atomic E-state index is 11.9. The lowest BCUT2D eigenvalue weighted by Gasteiger charge is -2.41. The molecule has 1 fully saturated rings. The highest BCUT2D eigenvalue weighted by Gasteiger charge is 2.55. The summed E-state index contributed by atoms with van der Waals surface area (Å²) >= 11 is 1.32. The summed E-state index contributed by atoms with van der Waals surface area (Å²) in [4.78, 5) is 25.2. The predicted molar refractivity (Wildman–Crippen MR) is 70.6 cm³/mol. The number of carbonyl (C=O) groups is 2. The number of allylic oxidation sites excluding steroid dienone is 1. The van der Waals surface area contributed by atoms with Crippen LogP contribution in [0.15, 0.2) is 16.9 Å². The molecule has 1 aromatic heterocycles. The minimum absolute atomic E-state index is 0.0135. The molecule has 21 heavy (non-hydrogen) atoms. The summed E-state index contributed by atoms with van der Waals surface area (Å²) in [5.41, 5.74) is 0.0135. The summed E-state index contributed by atoms with van der Waals surface area (Å²) in [6, 6.07) is -0.127. The number of tetrazole rings is 1. The normalized spacial score (nSPS) is 25.8. The zero-order valence-electron chi connectivity index (χ0n) is 11.1. The van der Waals surface area contributed by atoms with Gasteiger partial charge in [0.1, 0.15) is 17.4 Å². The highest BCUT2D eigenvalue weighted by molar-refractivity contribution is 8.04. The van der Waals surface area contributed by atoms with Gasteiger partial charge in [0, 0.05) is 11.3 Å². The Morgan fingerprint density at radius 1 is 1.57 bits per heavy atom. The summed E-state index contributed by atoms with van der Waals surface area (Å²) in [6.07, 6.45) is 1.87. The van der Waals surface area contributed by atoms with Gasteiger partial charge in [-0.1, -0.05) is 0 Å². The molecule has 112 valence electrons. The molecule has 1 amide bonds. The molecule has 0 bridgehead atoms. The number of rotatable bonds is 5. The smallest absolute Gasteiger partial charge is 0.353 e. The Hall–Kier alpha value is -1.94. The maximum Gasteiger partial charge on any atom is 0.353 e. The van der Waals surface area contributed by atoms with E-state index in [0.717, 1.165) is 0 Å². The maximum atomic E-state index is 11.9. The minimum atomic E-state index is -1.13. The van der Waals surface area contributed by atoms with E-state index >= 15 is 0 Å². The van der Waals surface area contributed by atoms with E-state index in [9.17, 15) is 19.8 Å². The van der Waals surface area contributed by atoms with Crippen LogP contribution in [0.5, 0.6) is 0 Å². The van der Waals surface area contributed by atoms with Crippen molar-refractivity contribution in [2.75, 3.05) is 6.61 Å². The Bertz CT molecular complexity index is 616. The van der Waals surface area contributed by atoms with Crippen LogP contribution < -0.4 is 0 Å². The summed E-state index contributed by atoms with van der Waals surface area (Å²) in [6.45, 7) is 1.60. The highest BCUT2D eigenvalue weighted by Crippen LogP contribution is 2.50. The highest BCUT2D eigenvalue weighted by atomic mass is 32.2. The SMILES string of the molecule is C[C@H](CC1=C(C(=O)O)N2C(=O)[C@H](CO)[C@H]2S1)n1cnnn1. The van der Waals surface area contributed by atoms with E-state index in [-0.39, 0.29) is 29.6 Å². The van der Waals surface area contributed by atoms with Gasteiger partial charge in [0.25, 0.3) is 0 Å². The molecule has 1 aromatic rings. The van der Waals surface area contributed by atoms with Crippen molar-refractivity contribution in [3.05, 3.63) is 16.9 Å². The van der Waals surface area contributed by atoms with Crippen LogP contribution in [0.25, 0.3) is 0 Å². The van der Waals surface area contributed by atoms with Crippen LogP contribution >= 0.6 is 11.8 Å². The number of aliphatic carboxylic acids is 1. The van der Waals surface area contributed by atoms with Gasteiger partial charge >= 0.3 is 5.97 Å². The first kappa shape index (κ1) is 14.0. The molecule has 0 aromatic carbocycles. The average Bonchev–Trinajstić information content (AvgIpc) is 3.05. The zero-order chi connectivity index (χ0) is 15.1. The number of carboxylic acids is 1. The van der Waals surface area contributed by atoms with Gasteiger partial charge in [-0.05, 0) is 17.4 Å². The first-order valence-electron chi connectivity index (χ1n) is 6.34. The molecule has 0 unspecified atom stereocenters. The van der Waals surface area contributed by atoms with Crippen molar-refractivity contribution in [1.29, 1.82) is 0 Å². The van der Waals surface area contributed by atoms with E-state index in [1.807, 2.05) is 6.92 Å². The van der Waals surface area contributed by atoms with E-state index in [1.165, 1.54) is 27.7 Å². The summed E-state index contributed by atoms with van der Waals surface area (Å²) in [7, 11) is 0. The lowest BCUT2D eigenvalue weighted by Crippen LogP contribution is -2.58. The molecule has 3 rings (SSSR count). The quantitative estimate of drug-likeness (QED) is 0.694. The molecule has 0 saturated carbocycles. The Kier molecular flexibility index (Phi) is 3.41. The second kappa shape index (κ2) is 5.11. The van der Waals surface area contributed by atoms with Gasteiger partial charge in [-0.2, -0.15) is 0 Å². The lowest BCUT2D eigenvalue weighted by molar-refractivity contribution is -0.153. The Balaban J connectivity index is 1.84. The number of amides is 1. The molecule has 2 N–H and O–H groups in total. The molecule has 0 spiro atoms. The number of hydrogen-bond donors (Lipinski definition) is 2. The largest absolute Gasteiger partial charge is 0.477 e. The van der Waals surface area contributed by atoms with Crippen LogP contribution in [0.2, 0.25) is 0 Å². The molecule has 3 heterocycles. The molecule has 2 aliphatic heterocycles. The van der Waals surface area contributed by atoms with Crippen molar-refractivity contribution in [3.63, 3.8) is 0 Å². The number of aliphatic hydroxyl groups is 1. The van der Waals surface area contributed by atoms with Gasteiger partial charge in [-0.15, -0.1) is 16.9 Å². The lowest BCUT2D eigenvalue weighted by atomic mass is 9.98. The van der Waals surface area contributed by atoms with Crippen molar-refractivity contribution < 1.29 is 19.8 Å². The van der Waals surface area contributed by atoms with Crippen LogP contribution in [-0.2, 0) is 9.59 Å². The minimum Gasteiger partial charge on any atom is -0.477 e. The fraction of sp³-hybridized carbons (Fsp3) is 0.545. The number of β-lactam (4-membered cyclic amide) rings is 1. The Morgan fingerprint density at radius 2 is 2.33 bits per heavy atom. The number of carbonyl (C=O) groups excluding carboxylic acids is 1. The third-order valence-electron chi connectivity index (χ3n) is 3.62. The third-order valence-corrected chi connectivity index (χ3v) is 5.04. The third kappa shape index (κ3) is 2.10. The predicted octanol–water partition coefficient (Wildman–Crippen LogP) is -0.556. The second-order valence-electron chi connectivity index (χ2n) is 4.93. The van der Waals surface area contributed by atoms with E-state index < -0.39 is 11.9 Å². The van der Waals surface area contributed by atoms with E-state index in [1.54, 1.807) is 0 Å². The molecular weight excluding hydrogens is 298 g/mol. The number of nitrogens with zero attached hydrogens (tertiary/aromatic N) is 5. The molecule has 9 nitrogen and oxygen atoms in total. The van der Waals surface area contributed by atoms with E-state index in [2.05, 4.69) is 15.5 Å².